The molecule has 1 aromatic heterocycles. The first-order valence-electron chi connectivity index (χ1n) is 9.42. The molecular weight excluding hydrogens is 606 g/mol. The summed E-state index contributed by atoms with van der Waals surface area (Å²) in [5, 5.41) is 10.8. The molecule has 30 heavy (non-hydrogen) atoms. The monoisotopic (exact) mass is 624 g/mol. The first-order chi connectivity index (χ1) is 14.5. The van der Waals surface area contributed by atoms with Crippen LogP contribution < -0.4 is 4.74 Å². The van der Waals surface area contributed by atoms with Crippen molar-refractivity contribution in [1.82, 2.24) is 0 Å². The van der Waals surface area contributed by atoms with Crippen molar-refractivity contribution in [3.8, 4) is 11.5 Å². The van der Waals surface area contributed by atoms with Crippen LogP contribution in [0.1, 0.15) is 34.2 Å². The summed E-state index contributed by atoms with van der Waals surface area (Å²) in [4.78, 5) is 13.3. The van der Waals surface area contributed by atoms with Crippen LogP contribution in [-0.2, 0) is 13.0 Å². The summed E-state index contributed by atoms with van der Waals surface area (Å²) >= 11 is 4.07. The van der Waals surface area contributed by atoms with Gasteiger partial charge >= 0.3 is 0 Å². The van der Waals surface area contributed by atoms with Gasteiger partial charge in [-0.3, -0.25) is 4.79 Å². The molecule has 0 saturated heterocycles. The maximum absolute atomic E-state index is 13.3. The summed E-state index contributed by atoms with van der Waals surface area (Å²) < 4.78 is 13.2. The number of hydrogen-bond acceptors (Lipinski definition) is 4. The number of rotatable bonds is 6. The fourth-order valence-electron chi connectivity index (χ4n) is 3.30. The van der Waals surface area contributed by atoms with Crippen molar-refractivity contribution in [3.05, 3.63) is 90.3 Å². The van der Waals surface area contributed by atoms with Crippen LogP contribution in [0.15, 0.2) is 65.1 Å². The number of carbonyl (C=O) groups excluding carboxylic acids is 1. The Morgan fingerprint density at radius 1 is 1.03 bits per heavy atom. The third kappa shape index (κ3) is 4.20. The van der Waals surface area contributed by atoms with Crippen LogP contribution in [0, 0.1) is 7.14 Å². The van der Waals surface area contributed by atoms with Gasteiger partial charge in [-0.2, -0.15) is 0 Å². The van der Waals surface area contributed by atoms with Crippen LogP contribution in [-0.4, -0.2) is 10.9 Å². The third-order valence-electron chi connectivity index (χ3n) is 4.81. The minimum Gasteiger partial charge on any atom is -0.506 e. The van der Waals surface area contributed by atoms with Gasteiger partial charge in [0, 0.05) is 23.4 Å². The SMILES string of the molecule is CCc1oc2cc(OCc3ccccc3)ccc2c1C(=O)c1cc(I)c(O)c(I)c1. The Hall–Kier alpha value is -2.07. The van der Waals surface area contributed by atoms with Crippen LogP contribution in [0.2, 0.25) is 0 Å². The van der Waals surface area contributed by atoms with E-state index in [9.17, 15) is 9.90 Å². The Bertz CT molecular complexity index is 1210. The largest absolute Gasteiger partial charge is 0.506 e. The molecule has 4 nitrogen and oxygen atoms in total. The standard InChI is InChI=1S/C24H18I2O4/c1-2-20-22(23(27)15-10-18(25)24(28)19(26)11-15)17-9-8-16(12-21(17)30-20)29-13-14-6-4-3-5-7-14/h3-12,28H,2,13H2,1H3. The number of phenolic OH excluding ortho intramolecular Hbond substituents is 1. The van der Waals surface area contributed by atoms with Crippen LogP contribution in [0.5, 0.6) is 11.5 Å². The van der Waals surface area contributed by atoms with Crippen LogP contribution in [0.3, 0.4) is 0 Å². The maximum atomic E-state index is 13.3. The Morgan fingerprint density at radius 3 is 2.40 bits per heavy atom. The zero-order chi connectivity index (χ0) is 21.3. The lowest BCUT2D eigenvalue weighted by molar-refractivity contribution is 0.103. The van der Waals surface area contributed by atoms with Crippen LogP contribution in [0.25, 0.3) is 11.0 Å². The molecule has 0 aliphatic rings. The number of ether oxygens (including phenoxy) is 1. The first kappa shape index (κ1) is 21.2. The summed E-state index contributed by atoms with van der Waals surface area (Å²) in [6.07, 6.45) is 0.599. The van der Waals surface area contributed by atoms with Crippen LogP contribution in [0.4, 0.5) is 0 Å². The van der Waals surface area contributed by atoms with Gasteiger partial charge in [0.25, 0.3) is 0 Å². The smallest absolute Gasteiger partial charge is 0.197 e. The molecule has 0 unspecified atom stereocenters. The molecule has 0 aliphatic carbocycles. The number of phenols is 1. The van der Waals surface area contributed by atoms with Crippen molar-refractivity contribution in [2.24, 2.45) is 0 Å². The van der Waals surface area contributed by atoms with Crippen molar-refractivity contribution < 1.29 is 19.1 Å². The van der Waals surface area contributed by atoms with E-state index in [4.69, 9.17) is 9.15 Å². The van der Waals surface area contributed by atoms with E-state index in [1.165, 1.54) is 0 Å². The fourth-order valence-corrected chi connectivity index (χ4v) is 5.07. The van der Waals surface area contributed by atoms with Crippen molar-refractivity contribution in [2.45, 2.75) is 20.0 Å². The number of furan rings is 1. The molecule has 0 amide bonds. The van der Waals surface area contributed by atoms with Gasteiger partial charge in [-0.25, -0.2) is 0 Å². The molecule has 4 aromatic rings. The minimum atomic E-state index is -0.112. The molecule has 4 rings (SSSR count). The van der Waals surface area contributed by atoms with E-state index in [0.717, 1.165) is 10.9 Å². The summed E-state index contributed by atoms with van der Waals surface area (Å²) in [5.41, 5.74) is 2.81. The molecule has 1 heterocycles. The normalized spacial score (nSPS) is 11.0. The van der Waals surface area contributed by atoms with Gasteiger partial charge in [0.1, 0.15) is 29.4 Å². The molecule has 6 heteroatoms. The number of fused-ring (bicyclic) bond motifs is 1. The van der Waals surface area contributed by atoms with Gasteiger partial charge in [0.05, 0.1) is 12.7 Å². The number of aryl methyl sites for hydroxylation is 1. The maximum Gasteiger partial charge on any atom is 0.197 e. The Labute approximate surface area is 201 Å². The van der Waals surface area contributed by atoms with Gasteiger partial charge in [-0.05, 0) is 75.0 Å². The molecule has 0 bridgehead atoms. The molecular formula is C24H18I2O4. The number of benzene rings is 3. The van der Waals surface area contributed by atoms with E-state index >= 15 is 0 Å². The Balaban J connectivity index is 1.69. The highest BCUT2D eigenvalue weighted by Crippen LogP contribution is 2.34. The van der Waals surface area contributed by atoms with E-state index in [1.807, 2.05) is 101 Å². The number of halogens is 2. The van der Waals surface area contributed by atoms with E-state index in [1.54, 1.807) is 12.1 Å². The van der Waals surface area contributed by atoms with Crippen molar-refractivity contribution in [2.75, 3.05) is 0 Å². The second kappa shape index (κ2) is 8.97. The lowest BCUT2D eigenvalue weighted by Gasteiger charge is -2.07. The number of ketones is 1. The van der Waals surface area contributed by atoms with E-state index in [0.29, 0.717) is 48.4 Å². The first-order valence-corrected chi connectivity index (χ1v) is 11.6. The van der Waals surface area contributed by atoms with Crippen LogP contribution >= 0.6 is 45.2 Å². The number of carbonyl (C=O) groups is 1. The lowest BCUT2D eigenvalue weighted by atomic mass is 9.99. The van der Waals surface area contributed by atoms with Gasteiger partial charge < -0.3 is 14.3 Å². The highest BCUT2D eigenvalue weighted by Gasteiger charge is 2.23. The highest BCUT2D eigenvalue weighted by atomic mass is 127. The second-order valence-electron chi connectivity index (χ2n) is 6.80. The van der Waals surface area contributed by atoms with Crippen molar-refractivity contribution >= 4 is 61.9 Å². The Morgan fingerprint density at radius 2 is 1.73 bits per heavy atom. The lowest BCUT2D eigenvalue weighted by Crippen LogP contribution is -2.04. The van der Waals surface area contributed by atoms with E-state index < -0.39 is 0 Å². The topological polar surface area (TPSA) is 59.7 Å². The molecule has 0 atom stereocenters. The molecule has 152 valence electrons. The van der Waals surface area contributed by atoms with Gasteiger partial charge in [-0.1, -0.05) is 37.3 Å². The van der Waals surface area contributed by atoms with Crippen molar-refractivity contribution in [3.63, 3.8) is 0 Å². The summed E-state index contributed by atoms with van der Waals surface area (Å²) in [5.74, 6) is 1.42. The number of hydrogen-bond donors (Lipinski definition) is 1. The van der Waals surface area contributed by atoms with E-state index in [2.05, 4.69) is 0 Å². The zero-order valence-corrected chi connectivity index (χ0v) is 20.4. The second-order valence-corrected chi connectivity index (χ2v) is 9.13. The van der Waals surface area contributed by atoms with E-state index in [-0.39, 0.29) is 11.5 Å². The molecule has 3 aromatic carbocycles. The van der Waals surface area contributed by atoms with Gasteiger partial charge in [0.2, 0.25) is 0 Å². The number of aromatic hydroxyl groups is 1. The molecule has 1 N–H and O–H groups in total. The highest BCUT2D eigenvalue weighted by molar-refractivity contribution is 14.1. The fraction of sp³-hybridized carbons (Fsp3) is 0.125. The minimum absolute atomic E-state index is 0.112. The third-order valence-corrected chi connectivity index (χ3v) is 6.45. The predicted molar refractivity (Wildman–Crippen MR) is 133 cm³/mol. The summed E-state index contributed by atoms with van der Waals surface area (Å²) in [6.45, 7) is 2.43. The van der Waals surface area contributed by atoms with Gasteiger partial charge in [0.15, 0.2) is 5.78 Å². The quantitative estimate of drug-likeness (QED) is 0.191. The predicted octanol–water partition coefficient (Wildman–Crippen LogP) is 6.72. The molecule has 0 fully saturated rings. The summed E-state index contributed by atoms with van der Waals surface area (Å²) in [6, 6.07) is 18.9. The zero-order valence-electron chi connectivity index (χ0n) is 16.1. The molecule has 0 saturated carbocycles. The van der Waals surface area contributed by atoms with Gasteiger partial charge in [-0.15, -0.1) is 0 Å². The average Bonchev–Trinajstić information content (AvgIpc) is 3.13. The average molecular weight is 624 g/mol. The Kier molecular flexibility index (Phi) is 6.33. The molecule has 0 spiro atoms. The van der Waals surface area contributed by atoms with Crippen molar-refractivity contribution in [1.29, 1.82) is 0 Å². The molecule has 0 radical (unpaired) electrons. The molecule has 0 aliphatic heterocycles. The summed E-state index contributed by atoms with van der Waals surface area (Å²) in [7, 11) is 0.